The smallest absolute Gasteiger partial charge is 0.254 e. The average Bonchev–Trinajstić information content (AvgIpc) is 2.62. The lowest BCUT2D eigenvalue weighted by Gasteiger charge is -2.27. The first-order valence-electron chi connectivity index (χ1n) is 6.16. The fourth-order valence-electron chi connectivity index (χ4n) is 2.50. The van der Waals surface area contributed by atoms with Gasteiger partial charge in [-0.3, -0.25) is 4.79 Å². The molecule has 0 aliphatic heterocycles. The highest BCUT2D eigenvalue weighted by Gasteiger charge is 2.35. The molecular formula is C14H17BrFNO. The van der Waals surface area contributed by atoms with E-state index in [1.54, 1.807) is 6.07 Å². The maximum atomic E-state index is 13.6. The molecule has 1 aromatic rings. The minimum absolute atomic E-state index is 0.0954. The van der Waals surface area contributed by atoms with Crippen LogP contribution in [0.2, 0.25) is 0 Å². The van der Waals surface area contributed by atoms with Gasteiger partial charge in [-0.2, -0.15) is 0 Å². The van der Waals surface area contributed by atoms with Crippen molar-refractivity contribution in [3.63, 3.8) is 0 Å². The minimum Gasteiger partial charge on any atom is -0.349 e. The molecule has 18 heavy (non-hydrogen) atoms. The Hall–Kier alpha value is -0.900. The van der Waals surface area contributed by atoms with E-state index < -0.39 is 5.82 Å². The standard InChI is InChI=1S/C14H17BrFNO/c1-14(2)7-3-4-12(14)17-13(18)10-8-9(15)5-6-11(10)16/h5-6,8,12H,3-4,7H2,1-2H3,(H,17,18). The van der Waals surface area contributed by atoms with Crippen LogP contribution in [0.15, 0.2) is 22.7 Å². The molecule has 0 aromatic heterocycles. The maximum absolute atomic E-state index is 13.6. The monoisotopic (exact) mass is 313 g/mol. The van der Waals surface area contributed by atoms with Gasteiger partial charge in [0, 0.05) is 10.5 Å². The largest absolute Gasteiger partial charge is 0.349 e. The van der Waals surface area contributed by atoms with Gasteiger partial charge in [0.05, 0.1) is 5.56 Å². The Bertz CT molecular complexity index is 473. The predicted octanol–water partition coefficient (Wildman–Crippen LogP) is 3.90. The Morgan fingerprint density at radius 3 is 2.83 bits per heavy atom. The second kappa shape index (κ2) is 5.00. The molecule has 4 heteroatoms. The van der Waals surface area contributed by atoms with E-state index in [2.05, 4.69) is 35.1 Å². The number of halogens is 2. The lowest BCUT2D eigenvalue weighted by Crippen LogP contribution is -2.41. The lowest BCUT2D eigenvalue weighted by atomic mass is 9.87. The summed E-state index contributed by atoms with van der Waals surface area (Å²) in [4.78, 5) is 12.1. The second-order valence-corrected chi connectivity index (χ2v) is 6.45. The zero-order valence-corrected chi connectivity index (χ0v) is 12.2. The lowest BCUT2D eigenvalue weighted by molar-refractivity contribution is 0.0906. The van der Waals surface area contributed by atoms with Crippen molar-refractivity contribution >= 4 is 21.8 Å². The Balaban J connectivity index is 2.15. The Morgan fingerprint density at radius 2 is 2.22 bits per heavy atom. The third-order valence-corrected chi connectivity index (χ3v) is 4.23. The van der Waals surface area contributed by atoms with Gasteiger partial charge in [-0.15, -0.1) is 0 Å². The van der Waals surface area contributed by atoms with E-state index in [9.17, 15) is 9.18 Å². The summed E-state index contributed by atoms with van der Waals surface area (Å²) in [6.07, 6.45) is 3.17. The number of nitrogens with one attached hydrogen (secondary N) is 1. The zero-order chi connectivity index (χ0) is 13.3. The van der Waals surface area contributed by atoms with E-state index in [-0.39, 0.29) is 22.9 Å². The summed E-state index contributed by atoms with van der Waals surface area (Å²) in [5.74, 6) is -0.805. The van der Waals surface area contributed by atoms with E-state index in [1.807, 2.05) is 0 Å². The predicted molar refractivity (Wildman–Crippen MR) is 73.0 cm³/mol. The number of carbonyl (C=O) groups excluding carboxylic acids is 1. The van der Waals surface area contributed by atoms with Crippen molar-refractivity contribution in [2.45, 2.75) is 39.2 Å². The van der Waals surface area contributed by atoms with Gasteiger partial charge in [0.1, 0.15) is 5.82 Å². The van der Waals surface area contributed by atoms with Gasteiger partial charge < -0.3 is 5.32 Å². The van der Waals surface area contributed by atoms with Crippen LogP contribution in [0.5, 0.6) is 0 Å². The fraction of sp³-hybridized carbons (Fsp3) is 0.500. The summed E-state index contributed by atoms with van der Waals surface area (Å²) in [6, 6.07) is 4.54. The molecule has 2 nitrogen and oxygen atoms in total. The Kier molecular flexibility index (Phi) is 3.76. The van der Waals surface area contributed by atoms with Gasteiger partial charge in [-0.1, -0.05) is 36.2 Å². The molecule has 98 valence electrons. The number of hydrogen-bond acceptors (Lipinski definition) is 1. The van der Waals surface area contributed by atoms with Crippen molar-refractivity contribution in [2.75, 3.05) is 0 Å². The minimum atomic E-state index is -0.480. The molecule has 0 bridgehead atoms. The molecule has 1 aromatic carbocycles. The quantitative estimate of drug-likeness (QED) is 0.881. The topological polar surface area (TPSA) is 29.1 Å². The highest BCUT2D eigenvalue weighted by atomic mass is 79.9. The van der Waals surface area contributed by atoms with Crippen molar-refractivity contribution in [1.29, 1.82) is 0 Å². The molecule has 2 rings (SSSR count). The molecule has 1 fully saturated rings. The summed E-state index contributed by atoms with van der Waals surface area (Å²) in [5.41, 5.74) is 0.199. The second-order valence-electron chi connectivity index (χ2n) is 5.53. The maximum Gasteiger partial charge on any atom is 0.254 e. The fourth-order valence-corrected chi connectivity index (χ4v) is 2.86. The van der Waals surface area contributed by atoms with Gasteiger partial charge in [-0.05, 0) is 36.5 Å². The highest BCUT2D eigenvalue weighted by molar-refractivity contribution is 9.10. The molecule has 1 amide bonds. The van der Waals surface area contributed by atoms with Gasteiger partial charge >= 0.3 is 0 Å². The first-order valence-corrected chi connectivity index (χ1v) is 6.95. The molecule has 1 atom stereocenters. The molecule has 1 N–H and O–H groups in total. The summed E-state index contributed by atoms with van der Waals surface area (Å²) < 4.78 is 14.3. The molecular weight excluding hydrogens is 297 g/mol. The van der Waals surface area contributed by atoms with Crippen LogP contribution in [0.1, 0.15) is 43.5 Å². The zero-order valence-electron chi connectivity index (χ0n) is 10.6. The third-order valence-electron chi connectivity index (χ3n) is 3.74. The number of rotatable bonds is 2. The molecule has 0 spiro atoms. The van der Waals surface area contributed by atoms with Crippen LogP contribution in [-0.2, 0) is 0 Å². The van der Waals surface area contributed by atoms with Crippen molar-refractivity contribution in [3.8, 4) is 0 Å². The number of benzene rings is 1. The number of carbonyl (C=O) groups is 1. The first kappa shape index (κ1) is 13.5. The van der Waals surface area contributed by atoms with Gasteiger partial charge in [-0.25, -0.2) is 4.39 Å². The van der Waals surface area contributed by atoms with Gasteiger partial charge in [0.15, 0.2) is 0 Å². The van der Waals surface area contributed by atoms with Crippen LogP contribution in [-0.4, -0.2) is 11.9 Å². The van der Waals surface area contributed by atoms with Crippen LogP contribution >= 0.6 is 15.9 Å². The van der Waals surface area contributed by atoms with Gasteiger partial charge in [0.25, 0.3) is 5.91 Å². The number of amides is 1. The molecule has 1 aliphatic rings. The first-order chi connectivity index (χ1) is 8.40. The van der Waals surface area contributed by atoms with Crippen molar-refractivity contribution in [3.05, 3.63) is 34.1 Å². The summed E-state index contributed by atoms with van der Waals surface area (Å²) >= 11 is 3.25. The van der Waals surface area contributed by atoms with Crippen LogP contribution in [0, 0.1) is 11.2 Å². The highest BCUT2D eigenvalue weighted by Crippen LogP contribution is 2.37. The van der Waals surface area contributed by atoms with Crippen LogP contribution in [0.25, 0.3) is 0 Å². The molecule has 0 radical (unpaired) electrons. The molecule has 1 unspecified atom stereocenters. The van der Waals surface area contributed by atoms with Crippen molar-refractivity contribution in [1.82, 2.24) is 5.32 Å². The third kappa shape index (κ3) is 2.74. The van der Waals surface area contributed by atoms with E-state index in [0.717, 1.165) is 19.3 Å². The van der Waals surface area contributed by atoms with E-state index in [0.29, 0.717) is 4.47 Å². The van der Waals surface area contributed by atoms with Crippen LogP contribution in [0.4, 0.5) is 4.39 Å². The Labute approximate surface area is 115 Å². The van der Waals surface area contributed by atoms with E-state index in [1.165, 1.54) is 12.1 Å². The van der Waals surface area contributed by atoms with Crippen molar-refractivity contribution in [2.24, 2.45) is 5.41 Å². The van der Waals surface area contributed by atoms with E-state index >= 15 is 0 Å². The van der Waals surface area contributed by atoms with Crippen LogP contribution < -0.4 is 5.32 Å². The number of hydrogen-bond donors (Lipinski definition) is 1. The van der Waals surface area contributed by atoms with Gasteiger partial charge in [0.2, 0.25) is 0 Å². The normalized spacial score (nSPS) is 21.9. The Morgan fingerprint density at radius 1 is 1.50 bits per heavy atom. The molecule has 1 saturated carbocycles. The SMILES string of the molecule is CC1(C)CCCC1NC(=O)c1cc(Br)ccc1F. The van der Waals surface area contributed by atoms with E-state index in [4.69, 9.17) is 0 Å². The molecule has 0 heterocycles. The summed E-state index contributed by atoms with van der Waals surface area (Å²) in [6.45, 7) is 4.28. The van der Waals surface area contributed by atoms with Crippen LogP contribution in [0.3, 0.4) is 0 Å². The molecule has 1 aliphatic carbocycles. The summed E-state index contributed by atoms with van der Waals surface area (Å²) in [5, 5.41) is 2.95. The molecule has 0 saturated heterocycles. The summed E-state index contributed by atoms with van der Waals surface area (Å²) in [7, 11) is 0. The average molecular weight is 314 g/mol. The van der Waals surface area contributed by atoms with Crippen molar-refractivity contribution < 1.29 is 9.18 Å².